The van der Waals surface area contributed by atoms with Crippen LogP contribution in [-0.4, -0.2) is 53.1 Å². The number of ether oxygens (including phenoxy) is 1. The molecule has 1 aromatic rings. The number of carboxylic acids is 1. The van der Waals surface area contributed by atoms with Crippen LogP contribution >= 0.6 is 0 Å². The van der Waals surface area contributed by atoms with Crippen molar-refractivity contribution in [2.75, 3.05) is 6.54 Å². The summed E-state index contributed by atoms with van der Waals surface area (Å²) in [4.78, 5) is 60.7. The van der Waals surface area contributed by atoms with Crippen LogP contribution in [-0.2, 0) is 19.1 Å². The largest absolute Gasteiger partial charge is 0.481 e. The Morgan fingerprint density at radius 1 is 1.06 bits per heavy atom. The summed E-state index contributed by atoms with van der Waals surface area (Å²) in [5, 5.41) is 15.8. The highest BCUT2D eigenvalue weighted by atomic mass is 16.6. The van der Waals surface area contributed by atoms with Crippen LogP contribution in [0.25, 0.3) is 0 Å². The molecule has 4 N–H and O–H groups in total. The van der Waals surface area contributed by atoms with Crippen LogP contribution in [0, 0.1) is 0 Å². The van der Waals surface area contributed by atoms with E-state index in [1.165, 1.54) is 0 Å². The van der Waals surface area contributed by atoms with E-state index in [0.717, 1.165) is 37.7 Å². The number of rotatable bonds is 8. The molecule has 1 aliphatic carbocycles. The number of hydrogen-bond donors (Lipinski definition) is 4. The highest BCUT2D eigenvalue weighted by Gasteiger charge is 2.28. The van der Waals surface area contributed by atoms with Gasteiger partial charge in [0, 0.05) is 5.56 Å². The maximum atomic E-state index is 12.9. The summed E-state index contributed by atoms with van der Waals surface area (Å²) in [5.41, 5.74) is 0.447. The smallest absolute Gasteiger partial charge is 0.408 e. The van der Waals surface area contributed by atoms with Gasteiger partial charge in [0.05, 0.1) is 6.42 Å². The Balaban J connectivity index is 2.02. The predicted octanol–water partition coefficient (Wildman–Crippen LogP) is 2.47. The van der Waals surface area contributed by atoms with E-state index in [-0.39, 0.29) is 5.92 Å². The molecule has 2 rings (SSSR count). The van der Waals surface area contributed by atoms with E-state index in [1.54, 1.807) is 32.9 Å². The van der Waals surface area contributed by atoms with Crippen molar-refractivity contribution >= 4 is 29.8 Å². The maximum Gasteiger partial charge on any atom is 0.408 e. The number of hydrogen-bond acceptors (Lipinski definition) is 6. The van der Waals surface area contributed by atoms with Crippen molar-refractivity contribution in [1.29, 1.82) is 0 Å². The molecule has 10 nitrogen and oxygen atoms in total. The van der Waals surface area contributed by atoms with Crippen molar-refractivity contribution in [2.45, 2.75) is 76.9 Å². The van der Waals surface area contributed by atoms with Crippen LogP contribution < -0.4 is 16.0 Å². The molecule has 0 heterocycles. The first-order valence-corrected chi connectivity index (χ1v) is 11.4. The molecule has 34 heavy (non-hydrogen) atoms. The minimum atomic E-state index is -1.50. The molecule has 1 aromatic carbocycles. The first-order valence-electron chi connectivity index (χ1n) is 11.4. The van der Waals surface area contributed by atoms with E-state index in [0.29, 0.717) is 5.56 Å². The SMILES string of the molecule is CC(C)(C)OC(=O)NCC(=O)N[C@@H](CC(=O)O)C(=O)NC(=O)c1ccccc1C1CCCCC1. The molecule has 0 spiro atoms. The Morgan fingerprint density at radius 3 is 2.32 bits per heavy atom. The van der Waals surface area contributed by atoms with E-state index in [1.807, 2.05) is 12.1 Å². The van der Waals surface area contributed by atoms with Gasteiger partial charge in [0.15, 0.2) is 0 Å². The summed E-state index contributed by atoms with van der Waals surface area (Å²) in [7, 11) is 0. The van der Waals surface area contributed by atoms with Crippen LogP contribution in [0.1, 0.15) is 81.1 Å². The standard InChI is InChI=1S/C24H33N3O7/c1-24(2,3)34-23(33)25-14-19(28)26-18(13-20(29)30)22(32)27-21(31)17-12-8-7-11-16(17)15-9-5-4-6-10-15/h7-8,11-12,15,18H,4-6,9-10,13-14H2,1-3H3,(H,25,33)(H,26,28)(H,29,30)(H,27,31,32)/t18-/m0/s1. The predicted molar refractivity (Wildman–Crippen MR) is 123 cm³/mol. The lowest BCUT2D eigenvalue weighted by molar-refractivity contribution is -0.140. The molecule has 0 bridgehead atoms. The summed E-state index contributed by atoms with van der Waals surface area (Å²) in [6, 6.07) is 5.53. The minimum Gasteiger partial charge on any atom is -0.481 e. The second-order valence-corrected chi connectivity index (χ2v) is 9.31. The number of alkyl carbamates (subject to hydrolysis) is 1. The number of carboxylic acid groups (broad SMARTS) is 1. The maximum absolute atomic E-state index is 12.9. The average Bonchev–Trinajstić information content (AvgIpc) is 2.76. The first-order chi connectivity index (χ1) is 16.0. The Labute approximate surface area is 198 Å². The van der Waals surface area contributed by atoms with Gasteiger partial charge >= 0.3 is 12.1 Å². The molecule has 186 valence electrons. The highest BCUT2D eigenvalue weighted by molar-refractivity contribution is 6.08. The lowest BCUT2D eigenvalue weighted by atomic mass is 9.82. The summed E-state index contributed by atoms with van der Waals surface area (Å²) < 4.78 is 5.02. The van der Waals surface area contributed by atoms with Crippen molar-refractivity contribution in [3.63, 3.8) is 0 Å². The normalized spacial score (nSPS) is 15.0. The first kappa shape index (κ1) is 26.8. The number of imide groups is 1. The van der Waals surface area contributed by atoms with Crippen molar-refractivity contribution < 1.29 is 33.8 Å². The van der Waals surface area contributed by atoms with Gasteiger partial charge in [0.2, 0.25) is 11.8 Å². The van der Waals surface area contributed by atoms with Gasteiger partial charge in [0.1, 0.15) is 18.2 Å². The molecule has 0 aromatic heterocycles. The van der Waals surface area contributed by atoms with Crippen molar-refractivity contribution in [2.24, 2.45) is 0 Å². The summed E-state index contributed by atoms with van der Waals surface area (Å²) >= 11 is 0. The zero-order chi connectivity index (χ0) is 25.3. The van der Waals surface area contributed by atoms with Crippen LogP contribution in [0.5, 0.6) is 0 Å². The summed E-state index contributed by atoms with van der Waals surface area (Å²) in [5.74, 6) is -3.52. The number of amides is 4. The molecule has 1 fully saturated rings. The molecular formula is C24H33N3O7. The molecule has 1 aliphatic rings. The molecule has 0 radical (unpaired) electrons. The number of aliphatic carboxylic acids is 1. The van der Waals surface area contributed by atoms with Crippen LogP contribution in [0.4, 0.5) is 4.79 Å². The lowest BCUT2D eigenvalue weighted by Gasteiger charge is -2.24. The molecule has 4 amide bonds. The lowest BCUT2D eigenvalue weighted by Crippen LogP contribution is -2.51. The zero-order valence-electron chi connectivity index (χ0n) is 19.8. The molecule has 1 atom stereocenters. The fourth-order valence-electron chi connectivity index (χ4n) is 3.84. The Kier molecular flexibility index (Phi) is 9.58. The van der Waals surface area contributed by atoms with Crippen molar-refractivity contribution in [3.8, 4) is 0 Å². The van der Waals surface area contributed by atoms with Gasteiger partial charge < -0.3 is 20.5 Å². The molecule has 0 unspecified atom stereocenters. The number of carbonyl (C=O) groups is 5. The molecule has 1 saturated carbocycles. The third-order valence-corrected chi connectivity index (χ3v) is 5.31. The third-order valence-electron chi connectivity index (χ3n) is 5.31. The Morgan fingerprint density at radius 2 is 1.71 bits per heavy atom. The Hall–Kier alpha value is -3.43. The van der Waals surface area contributed by atoms with E-state index in [2.05, 4.69) is 16.0 Å². The van der Waals surface area contributed by atoms with Crippen molar-refractivity contribution in [1.82, 2.24) is 16.0 Å². The van der Waals surface area contributed by atoms with Gasteiger partial charge in [-0.05, 0) is 51.2 Å². The number of benzene rings is 1. The highest BCUT2D eigenvalue weighted by Crippen LogP contribution is 2.34. The fourth-order valence-corrected chi connectivity index (χ4v) is 3.84. The van der Waals surface area contributed by atoms with Gasteiger partial charge in [-0.25, -0.2) is 4.79 Å². The third kappa shape index (κ3) is 8.84. The van der Waals surface area contributed by atoms with E-state index >= 15 is 0 Å². The van der Waals surface area contributed by atoms with Crippen LogP contribution in [0.15, 0.2) is 24.3 Å². The molecule has 0 saturated heterocycles. The average molecular weight is 476 g/mol. The van der Waals surface area contributed by atoms with Gasteiger partial charge in [-0.2, -0.15) is 0 Å². The summed E-state index contributed by atoms with van der Waals surface area (Å²) in [6.07, 6.45) is 3.65. The van der Waals surface area contributed by atoms with Gasteiger partial charge in [-0.15, -0.1) is 0 Å². The second-order valence-electron chi connectivity index (χ2n) is 9.31. The topological polar surface area (TPSA) is 151 Å². The van der Waals surface area contributed by atoms with E-state index in [4.69, 9.17) is 9.84 Å². The van der Waals surface area contributed by atoms with E-state index < -0.39 is 54.4 Å². The van der Waals surface area contributed by atoms with Crippen LogP contribution in [0.2, 0.25) is 0 Å². The van der Waals surface area contributed by atoms with E-state index in [9.17, 15) is 24.0 Å². The zero-order valence-corrected chi connectivity index (χ0v) is 19.8. The monoisotopic (exact) mass is 475 g/mol. The van der Waals surface area contributed by atoms with Crippen molar-refractivity contribution in [3.05, 3.63) is 35.4 Å². The summed E-state index contributed by atoms with van der Waals surface area (Å²) in [6.45, 7) is 4.44. The molecule has 0 aliphatic heterocycles. The van der Waals surface area contributed by atoms with Gasteiger partial charge in [-0.3, -0.25) is 24.5 Å². The second kappa shape index (κ2) is 12.2. The molecule has 10 heteroatoms. The number of nitrogens with one attached hydrogen (secondary N) is 3. The van der Waals surface area contributed by atoms with Gasteiger partial charge in [-0.1, -0.05) is 37.5 Å². The van der Waals surface area contributed by atoms with Gasteiger partial charge in [0.25, 0.3) is 5.91 Å². The number of carbonyl (C=O) groups excluding carboxylic acids is 4. The Bertz CT molecular complexity index is 917. The quantitative estimate of drug-likeness (QED) is 0.451. The minimum absolute atomic E-state index is 0.222. The van der Waals surface area contributed by atoms with Crippen LogP contribution in [0.3, 0.4) is 0 Å². The fraction of sp³-hybridized carbons (Fsp3) is 0.542. The molecular weight excluding hydrogens is 442 g/mol.